The number of rotatable bonds is 3. The minimum absolute atomic E-state index is 0.0294. The summed E-state index contributed by atoms with van der Waals surface area (Å²) in [5.74, 6) is -0.619. The molecule has 18 heavy (non-hydrogen) atoms. The highest BCUT2D eigenvalue weighted by atomic mass is 79.9. The van der Waals surface area contributed by atoms with Crippen molar-refractivity contribution in [2.45, 2.75) is 4.90 Å². The lowest BCUT2D eigenvalue weighted by atomic mass is 10.3. The number of hydrogen-bond acceptors (Lipinski definition) is 4. The van der Waals surface area contributed by atoms with Gasteiger partial charge in [0.15, 0.2) is 9.84 Å². The molecule has 0 aromatic heterocycles. The lowest BCUT2D eigenvalue weighted by molar-refractivity contribution is 0.274. The first-order valence-corrected chi connectivity index (χ1v) is 8.04. The van der Waals surface area contributed by atoms with Crippen LogP contribution in [0, 0.1) is 5.82 Å². The van der Waals surface area contributed by atoms with Crippen molar-refractivity contribution in [2.75, 3.05) is 32.1 Å². The lowest BCUT2D eigenvalue weighted by Gasteiger charge is -2.26. The number of piperazine rings is 1. The highest BCUT2D eigenvalue weighted by molar-refractivity contribution is 9.10. The van der Waals surface area contributed by atoms with Gasteiger partial charge in [-0.25, -0.2) is 12.8 Å². The number of halogens is 2. The average Bonchev–Trinajstić information content (AvgIpc) is 2.33. The Morgan fingerprint density at radius 3 is 2.61 bits per heavy atom. The molecule has 1 aromatic carbocycles. The zero-order valence-electron chi connectivity index (χ0n) is 9.70. The molecule has 1 fully saturated rings. The van der Waals surface area contributed by atoms with Crippen LogP contribution in [0.25, 0.3) is 0 Å². The summed E-state index contributed by atoms with van der Waals surface area (Å²) < 4.78 is 37.9. The molecule has 7 heteroatoms. The fraction of sp³-hybridized carbons (Fsp3) is 0.455. The van der Waals surface area contributed by atoms with Crippen molar-refractivity contribution in [2.24, 2.45) is 0 Å². The smallest absolute Gasteiger partial charge is 0.191 e. The van der Waals surface area contributed by atoms with Gasteiger partial charge in [-0.2, -0.15) is 0 Å². The Kier molecular flexibility index (Phi) is 4.37. The Morgan fingerprint density at radius 2 is 2.00 bits per heavy atom. The molecule has 1 aliphatic rings. The number of nitrogens with one attached hydrogen (secondary N) is 1. The molecule has 0 unspecified atom stereocenters. The fourth-order valence-electron chi connectivity index (χ4n) is 1.83. The second-order valence-electron chi connectivity index (χ2n) is 4.19. The molecule has 0 saturated carbocycles. The summed E-state index contributed by atoms with van der Waals surface area (Å²) in [5, 5.41) is 3.15. The number of nitrogens with zero attached hydrogens (tertiary/aromatic N) is 1. The van der Waals surface area contributed by atoms with Crippen LogP contribution in [0.2, 0.25) is 0 Å². The number of benzene rings is 1. The summed E-state index contributed by atoms with van der Waals surface area (Å²) in [6.07, 6.45) is 0. The molecule has 0 aliphatic carbocycles. The van der Waals surface area contributed by atoms with Gasteiger partial charge in [-0.15, -0.1) is 0 Å². The van der Waals surface area contributed by atoms with Crippen molar-refractivity contribution >= 4 is 25.8 Å². The molecule has 1 aromatic rings. The van der Waals surface area contributed by atoms with Gasteiger partial charge in [-0.3, -0.25) is 4.90 Å². The molecule has 100 valence electrons. The molecular formula is C11H14BrFN2O2S. The molecule has 0 amide bonds. The minimum atomic E-state index is -3.46. The van der Waals surface area contributed by atoms with Gasteiger partial charge >= 0.3 is 0 Å². The fourth-order valence-corrected chi connectivity index (χ4v) is 3.52. The molecule has 1 aliphatic heterocycles. The van der Waals surface area contributed by atoms with E-state index in [1.807, 2.05) is 4.90 Å². The maximum atomic E-state index is 13.4. The van der Waals surface area contributed by atoms with E-state index in [4.69, 9.17) is 0 Å². The minimum Gasteiger partial charge on any atom is -0.314 e. The Morgan fingerprint density at radius 1 is 1.33 bits per heavy atom. The highest BCUT2D eigenvalue weighted by Crippen LogP contribution is 2.20. The van der Waals surface area contributed by atoms with Crippen LogP contribution in [0.4, 0.5) is 4.39 Å². The molecule has 0 bridgehead atoms. The van der Waals surface area contributed by atoms with E-state index in [0.29, 0.717) is 13.1 Å². The van der Waals surface area contributed by atoms with Gasteiger partial charge in [0.1, 0.15) is 11.7 Å². The zero-order chi connectivity index (χ0) is 13.2. The number of hydrogen-bond donors (Lipinski definition) is 1. The molecule has 0 spiro atoms. The van der Waals surface area contributed by atoms with E-state index in [9.17, 15) is 12.8 Å². The van der Waals surface area contributed by atoms with E-state index < -0.39 is 15.7 Å². The van der Waals surface area contributed by atoms with Crippen molar-refractivity contribution in [3.05, 3.63) is 28.5 Å². The first-order chi connectivity index (χ1) is 8.49. The van der Waals surface area contributed by atoms with E-state index in [2.05, 4.69) is 21.2 Å². The summed E-state index contributed by atoms with van der Waals surface area (Å²) in [6.45, 7) is 2.95. The van der Waals surface area contributed by atoms with E-state index in [1.54, 1.807) is 0 Å². The van der Waals surface area contributed by atoms with Gasteiger partial charge in [0.25, 0.3) is 0 Å². The predicted molar refractivity (Wildman–Crippen MR) is 70.6 cm³/mol. The van der Waals surface area contributed by atoms with Crippen LogP contribution < -0.4 is 5.32 Å². The number of sulfone groups is 1. The monoisotopic (exact) mass is 336 g/mol. The second kappa shape index (κ2) is 5.64. The van der Waals surface area contributed by atoms with Gasteiger partial charge < -0.3 is 5.32 Å². The Labute approximate surface area is 114 Å². The van der Waals surface area contributed by atoms with Gasteiger partial charge in [-0.05, 0) is 34.1 Å². The molecule has 0 atom stereocenters. The summed E-state index contributed by atoms with van der Waals surface area (Å²) >= 11 is 3.01. The predicted octanol–water partition coefficient (Wildman–Crippen LogP) is 1.22. The normalized spacial score (nSPS) is 17.9. The average molecular weight is 337 g/mol. The third kappa shape index (κ3) is 3.28. The Balaban J connectivity index is 2.16. The van der Waals surface area contributed by atoms with Crippen molar-refractivity contribution in [3.63, 3.8) is 0 Å². The molecule has 0 radical (unpaired) electrons. The molecule has 2 rings (SSSR count). The van der Waals surface area contributed by atoms with Crippen LogP contribution >= 0.6 is 15.9 Å². The van der Waals surface area contributed by atoms with Gasteiger partial charge in [-0.1, -0.05) is 0 Å². The first-order valence-electron chi connectivity index (χ1n) is 5.60. The second-order valence-corrected chi connectivity index (χ2v) is 7.00. The molecule has 1 heterocycles. The van der Waals surface area contributed by atoms with Crippen LogP contribution in [0.15, 0.2) is 27.6 Å². The van der Waals surface area contributed by atoms with Gasteiger partial charge in [0, 0.05) is 26.2 Å². The highest BCUT2D eigenvalue weighted by Gasteiger charge is 2.21. The largest absolute Gasteiger partial charge is 0.314 e. The van der Waals surface area contributed by atoms with Crippen molar-refractivity contribution in [1.29, 1.82) is 0 Å². The molecule has 4 nitrogen and oxygen atoms in total. The molecule has 1 N–H and O–H groups in total. The summed E-state index contributed by atoms with van der Waals surface area (Å²) in [7, 11) is -3.46. The molecular weight excluding hydrogens is 323 g/mol. The topological polar surface area (TPSA) is 49.4 Å². The standard InChI is InChI=1S/C11H14BrFN2O2S/c12-10-2-1-9(7-11(10)13)18(16,17)8-15-5-3-14-4-6-15/h1-2,7,14H,3-6,8H2. The van der Waals surface area contributed by atoms with E-state index in [0.717, 1.165) is 19.2 Å². The SMILES string of the molecule is O=S(=O)(CN1CCNCC1)c1ccc(Br)c(F)c1. The van der Waals surface area contributed by atoms with Crippen LogP contribution in [0.3, 0.4) is 0 Å². The lowest BCUT2D eigenvalue weighted by Crippen LogP contribution is -2.45. The van der Waals surface area contributed by atoms with Crippen LogP contribution in [0.5, 0.6) is 0 Å². The van der Waals surface area contributed by atoms with Crippen LogP contribution in [-0.2, 0) is 9.84 Å². The maximum absolute atomic E-state index is 13.4. The summed E-state index contributed by atoms with van der Waals surface area (Å²) in [5.41, 5.74) is 0. The Bertz CT molecular complexity index is 530. The first kappa shape index (κ1) is 13.9. The van der Waals surface area contributed by atoms with E-state index in [1.165, 1.54) is 12.1 Å². The van der Waals surface area contributed by atoms with E-state index >= 15 is 0 Å². The third-order valence-electron chi connectivity index (χ3n) is 2.81. The zero-order valence-corrected chi connectivity index (χ0v) is 12.1. The van der Waals surface area contributed by atoms with Crippen LogP contribution in [-0.4, -0.2) is 45.4 Å². The van der Waals surface area contributed by atoms with Crippen molar-refractivity contribution in [3.8, 4) is 0 Å². The quantitative estimate of drug-likeness (QED) is 0.901. The van der Waals surface area contributed by atoms with Gasteiger partial charge in [0.2, 0.25) is 0 Å². The third-order valence-corrected chi connectivity index (χ3v) is 5.13. The summed E-state index contributed by atoms with van der Waals surface area (Å²) in [4.78, 5) is 1.88. The van der Waals surface area contributed by atoms with Crippen molar-refractivity contribution < 1.29 is 12.8 Å². The Hall–Kier alpha value is -0.500. The maximum Gasteiger partial charge on any atom is 0.191 e. The molecule has 1 saturated heterocycles. The summed E-state index contributed by atoms with van der Waals surface area (Å²) in [6, 6.07) is 3.90. The van der Waals surface area contributed by atoms with Crippen LogP contribution in [0.1, 0.15) is 0 Å². The van der Waals surface area contributed by atoms with E-state index in [-0.39, 0.29) is 15.2 Å². The van der Waals surface area contributed by atoms with Gasteiger partial charge in [0.05, 0.1) is 9.37 Å². The van der Waals surface area contributed by atoms with Crippen molar-refractivity contribution in [1.82, 2.24) is 10.2 Å².